The van der Waals surface area contributed by atoms with Crippen LogP contribution in [0, 0.1) is 5.82 Å². The zero-order chi connectivity index (χ0) is 12.5. The normalized spacial score (nSPS) is 21.9. The van der Waals surface area contributed by atoms with Crippen LogP contribution in [0.2, 0.25) is 0 Å². The number of halogens is 2. The minimum absolute atomic E-state index is 0.221. The summed E-state index contributed by atoms with van der Waals surface area (Å²) in [6, 6.07) is 5.20. The van der Waals surface area contributed by atoms with Crippen molar-refractivity contribution in [2.45, 2.75) is 23.8 Å². The Hall–Kier alpha value is -0.650. The Bertz CT molecular complexity index is 506. The van der Waals surface area contributed by atoms with Gasteiger partial charge in [0.2, 0.25) is 10.0 Å². The fourth-order valence-corrected chi connectivity index (χ4v) is 4.22. The second-order valence-corrected chi connectivity index (χ2v) is 6.16. The Kier molecular flexibility index (Phi) is 3.70. The van der Waals surface area contributed by atoms with E-state index in [1.54, 1.807) is 0 Å². The molecular formula is C11H13ClFNO2S. The van der Waals surface area contributed by atoms with Crippen LogP contribution in [-0.2, 0) is 10.0 Å². The van der Waals surface area contributed by atoms with Crippen molar-refractivity contribution in [3.8, 4) is 0 Å². The van der Waals surface area contributed by atoms with Crippen molar-refractivity contribution < 1.29 is 12.8 Å². The third kappa shape index (κ3) is 2.32. The number of sulfonamides is 1. The Morgan fingerprint density at radius 2 is 2.12 bits per heavy atom. The second-order valence-electron chi connectivity index (χ2n) is 4.00. The van der Waals surface area contributed by atoms with Crippen molar-refractivity contribution in [1.82, 2.24) is 4.31 Å². The number of hydrogen-bond acceptors (Lipinski definition) is 2. The van der Waals surface area contributed by atoms with Crippen molar-refractivity contribution in [3.05, 3.63) is 30.1 Å². The van der Waals surface area contributed by atoms with Gasteiger partial charge in [0.1, 0.15) is 10.7 Å². The lowest BCUT2D eigenvalue weighted by molar-refractivity contribution is 0.407. The minimum Gasteiger partial charge on any atom is -0.207 e. The monoisotopic (exact) mass is 277 g/mol. The molecule has 94 valence electrons. The molecule has 0 aromatic heterocycles. The molecule has 0 amide bonds. The first-order valence-electron chi connectivity index (χ1n) is 5.39. The van der Waals surface area contributed by atoms with Gasteiger partial charge in [0.25, 0.3) is 0 Å². The van der Waals surface area contributed by atoms with Crippen LogP contribution < -0.4 is 0 Å². The number of rotatable bonds is 3. The van der Waals surface area contributed by atoms with E-state index < -0.39 is 15.8 Å². The molecule has 0 bridgehead atoms. The minimum atomic E-state index is -3.76. The molecule has 0 saturated carbocycles. The lowest BCUT2D eigenvalue weighted by atomic mass is 10.3. The van der Waals surface area contributed by atoms with Gasteiger partial charge in [-0.1, -0.05) is 12.1 Å². The van der Waals surface area contributed by atoms with Crippen LogP contribution in [0.3, 0.4) is 0 Å². The van der Waals surface area contributed by atoms with Gasteiger partial charge in [0.15, 0.2) is 0 Å². The predicted molar refractivity (Wildman–Crippen MR) is 64.0 cm³/mol. The molecule has 1 fully saturated rings. The Morgan fingerprint density at radius 1 is 1.41 bits per heavy atom. The van der Waals surface area contributed by atoms with Gasteiger partial charge >= 0.3 is 0 Å². The zero-order valence-corrected chi connectivity index (χ0v) is 10.7. The second kappa shape index (κ2) is 4.92. The van der Waals surface area contributed by atoms with E-state index >= 15 is 0 Å². The SMILES string of the molecule is O=S(=O)(c1ccccc1F)N1CCCC1CCl. The fourth-order valence-electron chi connectivity index (χ4n) is 2.06. The van der Waals surface area contributed by atoms with Crippen molar-refractivity contribution in [1.29, 1.82) is 0 Å². The van der Waals surface area contributed by atoms with Gasteiger partial charge < -0.3 is 0 Å². The summed E-state index contributed by atoms with van der Waals surface area (Å²) in [6.07, 6.45) is 1.50. The standard InChI is InChI=1S/C11H13ClFNO2S/c12-8-9-4-3-7-14(9)17(15,16)11-6-2-1-5-10(11)13/h1-2,5-6,9H,3-4,7-8H2. The Morgan fingerprint density at radius 3 is 2.76 bits per heavy atom. The topological polar surface area (TPSA) is 37.4 Å². The summed E-state index contributed by atoms with van der Waals surface area (Å²) in [6.45, 7) is 0.411. The van der Waals surface area contributed by atoms with Crippen molar-refractivity contribution in [3.63, 3.8) is 0 Å². The molecule has 0 N–H and O–H groups in total. The summed E-state index contributed by atoms with van der Waals surface area (Å²) in [5.41, 5.74) is 0. The van der Waals surface area contributed by atoms with Crippen LogP contribution in [0.4, 0.5) is 4.39 Å². The molecule has 0 aliphatic carbocycles. The smallest absolute Gasteiger partial charge is 0.207 e. The summed E-state index contributed by atoms with van der Waals surface area (Å²) in [5, 5.41) is 0. The van der Waals surface area contributed by atoms with E-state index in [-0.39, 0.29) is 16.8 Å². The van der Waals surface area contributed by atoms with Crippen LogP contribution in [0.5, 0.6) is 0 Å². The highest BCUT2D eigenvalue weighted by molar-refractivity contribution is 7.89. The molecule has 1 aromatic carbocycles. The van der Waals surface area contributed by atoms with Crippen LogP contribution in [0.25, 0.3) is 0 Å². The van der Waals surface area contributed by atoms with Crippen molar-refractivity contribution in [2.24, 2.45) is 0 Å². The highest BCUT2D eigenvalue weighted by atomic mass is 35.5. The highest BCUT2D eigenvalue weighted by Crippen LogP contribution is 2.27. The first-order chi connectivity index (χ1) is 8.07. The molecule has 2 rings (SSSR count). The van der Waals surface area contributed by atoms with Gasteiger partial charge in [-0.25, -0.2) is 12.8 Å². The van der Waals surface area contributed by atoms with Gasteiger partial charge in [-0.2, -0.15) is 4.31 Å². The molecule has 1 aliphatic rings. The molecule has 1 aliphatic heterocycles. The maximum absolute atomic E-state index is 13.5. The Balaban J connectivity index is 2.40. The molecule has 1 aromatic rings. The van der Waals surface area contributed by atoms with Gasteiger partial charge in [-0.3, -0.25) is 0 Å². The highest BCUT2D eigenvalue weighted by Gasteiger charge is 2.35. The van der Waals surface area contributed by atoms with E-state index in [0.717, 1.165) is 18.9 Å². The number of nitrogens with zero attached hydrogens (tertiary/aromatic N) is 1. The van der Waals surface area contributed by atoms with Gasteiger partial charge in [-0.15, -0.1) is 11.6 Å². The molecule has 1 atom stereocenters. The first kappa shape index (κ1) is 12.8. The van der Waals surface area contributed by atoms with Gasteiger partial charge in [0, 0.05) is 18.5 Å². The zero-order valence-electron chi connectivity index (χ0n) is 9.14. The molecule has 6 heteroatoms. The van der Waals surface area contributed by atoms with Crippen LogP contribution in [-0.4, -0.2) is 31.2 Å². The van der Waals surface area contributed by atoms with Crippen LogP contribution in [0.1, 0.15) is 12.8 Å². The number of benzene rings is 1. The van der Waals surface area contributed by atoms with Crippen LogP contribution in [0.15, 0.2) is 29.2 Å². The van der Waals surface area contributed by atoms with Crippen molar-refractivity contribution in [2.75, 3.05) is 12.4 Å². The number of alkyl halides is 1. The summed E-state index contributed by atoms with van der Waals surface area (Å²) in [7, 11) is -3.76. The van der Waals surface area contributed by atoms with E-state index in [4.69, 9.17) is 11.6 Å². The van der Waals surface area contributed by atoms with Crippen LogP contribution >= 0.6 is 11.6 Å². The summed E-state index contributed by atoms with van der Waals surface area (Å²) in [4.78, 5) is -0.267. The lowest BCUT2D eigenvalue weighted by Gasteiger charge is -2.22. The summed E-state index contributed by atoms with van der Waals surface area (Å²) in [5.74, 6) is -0.471. The van der Waals surface area contributed by atoms with Gasteiger partial charge in [0.05, 0.1) is 0 Å². The quantitative estimate of drug-likeness (QED) is 0.795. The third-order valence-electron chi connectivity index (χ3n) is 2.92. The lowest BCUT2D eigenvalue weighted by Crippen LogP contribution is -2.36. The Labute approximate surface area is 105 Å². The fraction of sp³-hybridized carbons (Fsp3) is 0.455. The average molecular weight is 278 g/mol. The van der Waals surface area contributed by atoms with E-state index in [1.165, 1.54) is 22.5 Å². The molecule has 0 radical (unpaired) electrons. The average Bonchev–Trinajstić information content (AvgIpc) is 2.78. The maximum Gasteiger partial charge on any atom is 0.246 e. The largest absolute Gasteiger partial charge is 0.246 e. The third-order valence-corrected chi connectivity index (χ3v) is 5.27. The molecule has 3 nitrogen and oxygen atoms in total. The molecule has 17 heavy (non-hydrogen) atoms. The predicted octanol–water partition coefficient (Wildman–Crippen LogP) is 2.22. The maximum atomic E-state index is 13.5. The van der Waals surface area contributed by atoms with E-state index in [9.17, 15) is 12.8 Å². The molecule has 1 saturated heterocycles. The van der Waals surface area contributed by atoms with E-state index in [1.807, 2.05) is 0 Å². The molecule has 1 unspecified atom stereocenters. The van der Waals surface area contributed by atoms with E-state index in [2.05, 4.69) is 0 Å². The first-order valence-corrected chi connectivity index (χ1v) is 7.37. The molecular weight excluding hydrogens is 265 g/mol. The summed E-state index contributed by atoms with van der Waals surface area (Å²) < 4.78 is 39.3. The summed E-state index contributed by atoms with van der Waals surface area (Å²) >= 11 is 5.74. The van der Waals surface area contributed by atoms with Gasteiger partial charge in [-0.05, 0) is 25.0 Å². The number of hydrogen-bond donors (Lipinski definition) is 0. The van der Waals surface area contributed by atoms with E-state index in [0.29, 0.717) is 6.54 Å². The molecule has 1 heterocycles. The van der Waals surface area contributed by atoms with Crippen molar-refractivity contribution >= 4 is 21.6 Å². The molecule has 0 spiro atoms.